The third-order valence-corrected chi connectivity index (χ3v) is 6.08. The van der Waals surface area contributed by atoms with Crippen molar-refractivity contribution in [1.82, 2.24) is 9.55 Å². The van der Waals surface area contributed by atoms with Crippen LogP contribution in [0.1, 0.15) is 57.1 Å². The van der Waals surface area contributed by atoms with Gasteiger partial charge in [-0.05, 0) is 50.3 Å². The van der Waals surface area contributed by atoms with Crippen LogP contribution in [0.2, 0.25) is 0 Å². The molecular weight excluding hydrogens is 480 g/mol. The largest absolute Gasteiger partial charge is 0.710 e. The molecule has 0 atom stereocenters. The highest BCUT2D eigenvalue weighted by molar-refractivity contribution is 5.92. The van der Waals surface area contributed by atoms with Gasteiger partial charge in [-0.2, -0.15) is 0 Å². The first-order valence-corrected chi connectivity index (χ1v) is 12.9. The van der Waals surface area contributed by atoms with Crippen LogP contribution < -0.4 is 15.2 Å². The molecule has 4 aromatic rings. The fourth-order valence-electron chi connectivity index (χ4n) is 4.34. The van der Waals surface area contributed by atoms with Gasteiger partial charge in [-0.25, -0.2) is 14.5 Å². The van der Waals surface area contributed by atoms with Crippen molar-refractivity contribution in [1.29, 1.82) is 0 Å². The van der Waals surface area contributed by atoms with E-state index >= 15 is 0 Å². The van der Waals surface area contributed by atoms with Crippen LogP contribution in [0.4, 0.5) is 10.6 Å². The highest BCUT2D eigenvalue weighted by Gasteiger charge is 2.23. The van der Waals surface area contributed by atoms with Crippen molar-refractivity contribution in [2.45, 2.75) is 66.1 Å². The summed E-state index contributed by atoms with van der Waals surface area (Å²) < 4.78 is 13.9. The molecule has 8 heteroatoms. The molecule has 0 aliphatic rings. The summed E-state index contributed by atoms with van der Waals surface area (Å²) in [6.07, 6.45) is 2.77. The quantitative estimate of drug-likeness (QED) is 0.241. The molecule has 0 aliphatic carbocycles. The maximum Gasteiger partial charge on any atom is 0.419 e. The lowest BCUT2D eigenvalue weighted by Gasteiger charge is -2.19. The summed E-state index contributed by atoms with van der Waals surface area (Å²) in [4.78, 5) is 17.6. The molecule has 0 spiro atoms. The number of aryl methyl sites for hydroxylation is 2. The monoisotopic (exact) mass is 516 g/mol. The van der Waals surface area contributed by atoms with Crippen molar-refractivity contribution in [3.05, 3.63) is 88.5 Å². The predicted molar refractivity (Wildman–Crippen MR) is 148 cm³/mol. The number of aromatic nitrogens is 3. The molecule has 0 amide bonds. The lowest BCUT2D eigenvalue weighted by atomic mass is 10.1. The number of benzene rings is 2. The summed E-state index contributed by atoms with van der Waals surface area (Å²) in [6, 6.07) is 17.4. The molecular formula is C30H36N4O4. The average molecular weight is 517 g/mol. The zero-order valence-corrected chi connectivity index (χ0v) is 22.7. The number of hydrogen-bond acceptors (Lipinski definition) is 6. The molecule has 200 valence electrons. The Morgan fingerprint density at radius 2 is 1.76 bits per heavy atom. The molecule has 8 nitrogen and oxygen atoms in total. The minimum Gasteiger partial charge on any atom is -0.710 e. The third kappa shape index (κ3) is 6.25. The van der Waals surface area contributed by atoms with Crippen LogP contribution >= 0.6 is 0 Å². The van der Waals surface area contributed by atoms with E-state index in [2.05, 4.69) is 0 Å². The van der Waals surface area contributed by atoms with Crippen molar-refractivity contribution in [2.75, 3.05) is 5.73 Å². The fourth-order valence-corrected chi connectivity index (χ4v) is 4.34. The van der Waals surface area contributed by atoms with Crippen LogP contribution in [0, 0.1) is 11.1 Å². The van der Waals surface area contributed by atoms with Crippen LogP contribution in [0.15, 0.2) is 60.8 Å². The first-order chi connectivity index (χ1) is 18.0. The number of ether oxygens (including phenoxy) is 2. The Labute approximate surface area is 223 Å². The van der Waals surface area contributed by atoms with E-state index in [0.717, 1.165) is 26.8 Å². The van der Waals surface area contributed by atoms with Crippen LogP contribution in [-0.2, 0) is 30.6 Å². The Kier molecular flexibility index (Phi) is 7.90. The maximum absolute atomic E-state index is 13.2. The van der Waals surface area contributed by atoms with E-state index in [9.17, 15) is 10.0 Å². The number of fused-ring (bicyclic) bond motifs is 1. The molecule has 2 heterocycles. The van der Waals surface area contributed by atoms with Crippen molar-refractivity contribution in [3.63, 3.8) is 0 Å². The molecule has 0 unspecified atom stereocenters. The molecule has 0 radical (unpaired) electrons. The number of carbonyl (C=O) groups excluding carboxylic acids is 1. The van der Waals surface area contributed by atoms with Gasteiger partial charge in [0.25, 0.3) is 11.7 Å². The molecule has 0 saturated carbocycles. The SMILES string of the molecule is CC(C)Cc1c(OCc2ccccc2)nc(CCc2cn(C(=O)OC(C)(C)C)c3ccccc23)c(N)[n+]1[O-]. The van der Waals surface area contributed by atoms with Gasteiger partial charge in [-0.1, -0.05) is 62.4 Å². The topological polar surface area (TPSA) is 106 Å². The molecule has 0 bridgehead atoms. The van der Waals surface area contributed by atoms with E-state index in [-0.39, 0.29) is 11.7 Å². The van der Waals surface area contributed by atoms with Crippen molar-refractivity contribution >= 4 is 22.8 Å². The molecule has 2 aromatic heterocycles. The van der Waals surface area contributed by atoms with E-state index in [1.165, 1.54) is 4.57 Å². The second-order valence-electron chi connectivity index (χ2n) is 10.9. The van der Waals surface area contributed by atoms with E-state index in [1.807, 2.05) is 89.2 Å². The highest BCUT2D eigenvalue weighted by atomic mass is 16.6. The molecule has 2 aromatic carbocycles. The Balaban J connectivity index is 1.64. The van der Waals surface area contributed by atoms with E-state index < -0.39 is 11.7 Å². The van der Waals surface area contributed by atoms with Crippen LogP contribution in [0.3, 0.4) is 0 Å². The molecule has 0 fully saturated rings. The molecule has 38 heavy (non-hydrogen) atoms. The van der Waals surface area contributed by atoms with E-state index in [1.54, 1.807) is 6.20 Å². The number of anilines is 1. The number of carbonyl (C=O) groups is 1. The van der Waals surface area contributed by atoms with Crippen molar-refractivity contribution in [3.8, 4) is 5.88 Å². The Bertz CT molecular complexity index is 1420. The third-order valence-electron chi connectivity index (χ3n) is 6.08. The van der Waals surface area contributed by atoms with Gasteiger partial charge in [0, 0.05) is 24.4 Å². The maximum atomic E-state index is 13.2. The molecule has 2 N–H and O–H groups in total. The van der Waals surface area contributed by atoms with Gasteiger partial charge >= 0.3 is 6.09 Å². The number of para-hydroxylation sites is 1. The summed E-state index contributed by atoms with van der Waals surface area (Å²) in [5.41, 5.74) is 9.24. The van der Waals surface area contributed by atoms with Gasteiger partial charge < -0.3 is 14.7 Å². The summed E-state index contributed by atoms with van der Waals surface area (Å²) in [5.74, 6) is 0.599. The van der Waals surface area contributed by atoms with Gasteiger partial charge in [0.05, 0.1) is 5.52 Å². The molecule has 0 aliphatic heterocycles. The highest BCUT2D eigenvalue weighted by Crippen LogP contribution is 2.26. The molecule has 0 saturated heterocycles. The minimum atomic E-state index is -0.614. The van der Waals surface area contributed by atoms with Gasteiger partial charge in [-0.15, -0.1) is 0 Å². The van der Waals surface area contributed by atoms with Gasteiger partial charge in [0.2, 0.25) is 0 Å². The summed E-state index contributed by atoms with van der Waals surface area (Å²) in [7, 11) is 0. The first kappa shape index (κ1) is 27.0. The summed E-state index contributed by atoms with van der Waals surface area (Å²) in [6.45, 7) is 9.88. The lowest BCUT2D eigenvalue weighted by molar-refractivity contribution is -0.600. The van der Waals surface area contributed by atoms with Gasteiger partial charge in [0.15, 0.2) is 5.69 Å². The van der Waals surface area contributed by atoms with E-state index in [4.69, 9.17) is 20.2 Å². The zero-order valence-electron chi connectivity index (χ0n) is 22.7. The Morgan fingerprint density at radius 3 is 2.45 bits per heavy atom. The van der Waals surface area contributed by atoms with Gasteiger partial charge in [0.1, 0.15) is 17.9 Å². The Morgan fingerprint density at radius 1 is 1.08 bits per heavy atom. The number of nitrogens with two attached hydrogens (primary N) is 1. The second kappa shape index (κ2) is 11.1. The smallest absolute Gasteiger partial charge is 0.419 e. The average Bonchev–Trinajstić information content (AvgIpc) is 3.24. The van der Waals surface area contributed by atoms with Crippen molar-refractivity contribution < 1.29 is 19.0 Å². The minimum absolute atomic E-state index is 0.0728. The second-order valence-corrected chi connectivity index (χ2v) is 10.9. The fraction of sp³-hybridized carbons (Fsp3) is 0.367. The lowest BCUT2D eigenvalue weighted by Crippen LogP contribution is -2.39. The summed E-state index contributed by atoms with van der Waals surface area (Å²) >= 11 is 0. The Hall–Kier alpha value is -4.07. The molecule has 4 rings (SSSR count). The predicted octanol–water partition coefficient (Wildman–Crippen LogP) is 5.60. The van der Waals surface area contributed by atoms with Crippen LogP contribution in [0.5, 0.6) is 5.88 Å². The number of hydrogen-bond donors (Lipinski definition) is 1. The first-order valence-electron chi connectivity index (χ1n) is 12.9. The van der Waals surface area contributed by atoms with Gasteiger partial charge in [-0.3, -0.25) is 10.3 Å². The number of nitrogen functional groups attached to an aromatic ring is 1. The number of nitrogens with zero attached hydrogens (tertiary/aromatic N) is 3. The zero-order chi connectivity index (χ0) is 27.4. The normalized spacial score (nSPS) is 11.7. The standard InChI is InChI=1S/C30H36N4O4/c1-20(2)17-26-28(37-19-21-11-7-6-8-12-21)32-24(27(31)34(26)36)16-15-22-18-33(29(35)38-30(3,4)5)25-14-10-9-13-23(22)25/h6-14,18,20H,15-17,19,31H2,1-5H3. The van der Waals surface area contributed by atoms with Crippen LogP contribution in [0.25, 0.3) is 10.9 Å². The van der Waals surface area contributed by atoms with Crippen molar-refractivity contribution in [2.24, 2.45) is 5.92 Å². The number of rotatable bonds is 8. The van der Waals surface area contributed by atoms with Crippen LogP contribution in [-0.4, -0.2) is 21.2 Å². The van der Waals surface area contributed by atoms with E-state index in [0.29, 0.717) is 43.1 Å². The summed E-state index contributed by atoms with van der Waals surface area (Å²) in [5, 5.41) is 14.1.